The molecule has 1 heterocycles. The van der Waals surface area contributed by atoms with Crippen molar-refractivity contribution in [3.05, 3.63) is 73.1 Å². The van der Waals surface area contributed by atoms with E-state index in [9.17, 15) is 14.9 Å². The molecule has 3 rings (SSSR count). The van der Waals surface area contributed by atoms with Gasteiger partial charge in [-0.3, -0.25) is 20.1 Å². The number of hydrogen-bond donors (Lipinski definition) is 3. The van der Waals surface area contributed by atoms with Crippen molar-refractivity contribution in [2.45, 2.75) is 13.8 Å². The summed E-state index contributed by atoms with van der Waals surface area (Å²) in [5, 5.41) is 28.1. The Bertz CT molecular complexity index is 1060. The highest BCUT2D eigenvalue weighted by Gasteiger charge is 2.24. The van der Waals surface area contributed by atoms with Crippen LogP contribution in [0, 0.1) is 27.5 Å². The number of hydroxylamine groups is 1. The van der Waals surface area contributed by atoms with Crippen LogP contribution in [-0.4, -0.2) is 25.8 Å². The molecule has 0 radical (unpaired) electrons. The SMILES string of the molecule is Cc1cc(C)n(-c2cc(Nc3ccc(I)cc3)c(C(=O)NO)cc2[N+](=O)[O-])n1. The third kappa shape index (κ3) is 3.97. The van der Waals surface area contributed by atoms with E-state index in [1.807, 2.05) is 24.3 Å². The predicted octanol–water partition coefficient (Wildman–Crippen LogP) is 3.86. The van der Waals surface area contributed by atoms with Crippen molar-refractivity contribution in [2.75, 3.05) is 5.32 Å². The number of carbonyl (C=O) groups excluding carboxylic acids is 1. The zero-order valence-electron chi connectivity index (χ0n) is 14.9. The highest BCUT2D eigenvalue weighted by atomic mass is 127. The first kappa shape index (κ1) is 19.8. The molecule has 0 fully saturated rings. The molecular weight excluding hydrogens is 477 g/mol. The number of rotatable bonds is 5. The Labute approximate surface area is 173 Å². The Morgan fingerprint density at radius 2 is 1.89 bits per heavy atom. The minimum Gasteiger partial charge on any atom is -0.355 e. The molecule has 2 aromatic carbocycles. The van der Waals surface area contributed by atoms with E-state index in [2.05, 4.69) is 33.0 Å². The van der Waals surface area contributed by atoms with Gasteiger partial charge in [-0.1, -0.05) is 0 Å². The number of nitrogens with one attached hydrogen (secondary N) is 2. The summed E-state index contributed by atoms with van der Waals surface area (Å²) in [5.41, 5.74) is 3.75. The van der Waals surface area contributed by atoms with Crippen LogP contribution in [0.3, 0.4) is 0 Å². The van der Waals surface area contributed by atoms with E-state index in [0.717, 1.165) is 9.64 Å². The molecule has 1 aromatic heterocycles. The fourth-order valence-electron chi connectivity index (χ4n) is 2.81. The number of hydrogen-bond acceptors (Lipinski definition) is 6. The molecule has 0 spiro atoms. The Hall–Kier alpha value is -2.99. The molecule has 0 atom stereocenters. The lowest BCUT2D eigenvalue weighted by atomic mass is 10.1. The number of nitro benzene ring substituents is 1. The van der Waals surface area contributed by atoms with Crippen LogP contribution in [0.2, 0.25) is 0 Å². The van der Waals surface area contributed by atoms with Gasteiger partial charge in [-0.15, -0.1) is 0 Å². The molecule has 10 heteroatoms. The number of nitro groups is 1. The Kier molecular flexibility index (Phi) is 5.61. The molecule has 0 unspecified atom stereocenters. The summed E-state index contributed by atoms with van der Waals surface area (Å²) in [5.74, 6) is -0.865. The average Bonchev–Trinajstić information content (AvgIpc) is 3.00. The van der Waals surface area contributed by atoms with Crippen molar-refractivity contribution in [1.29, 1.82) is 0 Å². The largest absolute Gasteiger partial charge is 0.355 e. The first-order valence-electron chi connectivity index (χ1n) is 8.13. The van der Waals surface area contributed by atoms with Crippen LogP contribution in [0.5, 0.6) is 0 Å². The van der Waals surface area contributed by atoms with E-state index in [4.69, 9.17) is 5.21 Å². The summed E-state index contributed by atoms with van der Waals surface area (Å²) in [4.78, 5) is 23.2. The summed E-state index contributed by atoms with van der Waals surface area (Å²) >= 11 is 2.17. The maximum Gasteiger partial charge on any atom is 0.295 e. The predicted molar refractivity (Wildman–Crippen MR) is 111 cm³/mol. The lowest BCUT2D eigenvalue weighted by molar-refractivity contribution is -0.384. The van der Waals surface area contributed by atoms with Crippen LogP contribution < -0.4 is 10.8 Å². The van der Waals surface area contributed by atoms with Gasteiger partial charge in [-0.05, 0) is 72.8 Å². The fraction of sp³-hybridized carbons (Fsp3) is 0.111. The number of halogens is 1. The average molecular weight is 493 g/mol. The number of aryl methyl sites for hydroxylation is 2. The lowest BCUT2D eigenvalue weighted by Gasteiger charge is -2.14. The van der Waals surface area contributed by atoms with Gasteiger partial charge in [-0.25, -0.2) is 10.2 Å². The maximum atomic E-state index is 12.1. The molecule has 144 valence electrons. The first-order chi connectivity index (χ1) is 13.3. The third-order valence-corrected chi connectivity index (χ3v) is 4.74. The molecule has 0 aliphatic heterocycles. The lowest BCUT2D eigenvalue weighted by Crippen LogP contribution is -2.20. The van der Waals surface area contributed by atoms with Gasteiger partial charge >= 0.3 is 0 Å². The van der Waals surface area contributed by atoms with E-state index in [0.29, 0.717) is 22.8 Å². The van der Waals surface area contributed by atoms with Crippen molar-refractivity contribution >= 4 is 45.6 Å². The first-order valence-corrected chi connectivity index (χ1v) is 9.21. The summed E-state index contributed by atoms with van der Waals surface area (Å²) in [6, 6.07) is 11.8. The van der Waals surface area contributed by atoms with Crippen molar-refractivity contribution in [3.8, 4) is 5.69 Å². The van der Waals surface area contributed by atoms with Crippen LogP contribution in [0.4, 0.5) is 17.1 Å². The molecule has 28 heavy (non-hydrogen) atoms. The summed E-state index contributed by atoms with van der Waals surface area (Å²) in [7, 11) is 0. The van der Waals surface area contributed by atoms with Crippen LogP contribution in [-0.2, 0) is 0 Å². The topological polar surface area (TPSA) is 122 Å². The van der Waals surface area contributed by atoms with Gasteiger partial charge in [0.05, 0.1) is 21.9 Å². The number of aromatic nitrogens is 2. The van der Waals surface area contributed by atoms with Crippen molar-refractivity contribution in [2.24, 2.45) is 0 Å². The molecule has 0 aliphatic carbocycles. The van der Waals surface area contributed by atoms with Gasteiger partial charge < -0.3 is 5.32 Å². The van der Waals surface area contributed by atoms with Gasteiger partial charge in [-0.2, -0.15) is 5.10 Å². The molecule has 1 amide bonds. The number of nitrogens with zero attached hydrogens (tertiary/aromatic N) is 3. The second-order valence-electron chi connectivity index (χ2n) is 6.06. The van der Waals surface area contributed by atoms with Crippen LogP contribution in [0.15, 0.2) is 42.5 Å². The van der Waals surface area contributed by atoms with Gasteiger partial charge in [0, 0.05) is 21.0 Å². The molecule has 3 N–H and O–H groups in total. The molecule has 3 aromatic rings. The Morgan fingerprint density at radius 3 is 2.43 bits per heavy atom. The van der Waals surface area contributed by atoms with Gasteiger partial charge in [0.15, 0.2) is 0 Å². The van der Waals surface area contributed by atoms with Gasteiger partial charge in [0.1, 0.15) is 5.69 Å². The van der Waals surface area contributed by atoms with Crippen LogP contribution in [0.1, 0.15) is 21.7 Å². The molecule has 9 nitrogen and oxygen atoms in total. The molecule has 0 aliphatic rings. The standard InChI is InChI=1S/C18H16IN5O4/c1-10-7-11(2)23(21-10)16-9-15(20-13-5-3-12(19)4-6-13)14(18(25)22-26)8-17(16)24(27)28/h3-9,20,26H,1-2H3,(H,22,25). The normalized spacial score (nSPS) is 10.6. The highest BCUT2D eigenvalue weighted by molar-refractivity contribution is 14.1. The second kappa shape index (κ2) is 7.94. The minimum atomic E-state index is -0.865. The second-order valence-corrected chi connectivity index (χ2v) is 7.30. The molecule has 0 bridgehead atoms. The monoisotopic (exact) mass is 493 g/mol. The fourth-order valence-corrected chi connectivity index (χ4v) is 3.17. The van der Waals surface area contributed by atoms with E-state index < -0.39 is 10.8 Å². The molecule has 0 saturated heterocycles. The smallest absolute Gasteiger partial charge is 0.295 e. The molecular formula is C18H16IN5O4. The quantitative estimate of drug-likeness (QED) is 0.215. The number of benzene rings is 2. The maximum absolute atomic E-state index is 12.1. The molecule has 0 saturated carbocycles. The van der Waals surface area contributed by atoms with E-state index in [1.54, 1.807) is 19.9 Å². The zero-order valence-corrected chi connectivity index (χ0v) is 17.1. The highest BCUT2D eigenvalue weighted by Crippen LogP contribution is 2.32. The van der Waals surface area contributed by atoms with Crippen LogP contribution >= 0.6 is 22.6 Å². The Morgan fingerprint density at radius 1 is 1.21 bits per heavy atom. The van der Waals surface area contributed by atoms with E-state index in [1.165, 1.54) is 16.2 Å². The van der Waals surface area contributed by atoms with Gasteiger partial charge in [0.25, 0.3) is 11.6 Å². The number of amides is 1. The van der Waals surface area contributed by atoms with Crippen molar-refractivity contribution < 1.29 is 14.9 Å². The minimum absolute atomic E-state index is 0.0713. The van der Waals surface area contributed by atoms with Crippen molar-refractivity contribution in [1.82, 2.24) is 15.3 Å². The van der Waals surface area contributed by atoms with Gasteiger partial charge in [0.2, 0.25) is 0 Å². The van der Waals surface area contributed by atoms with Crippen molar-refractivity contribution in [3.63, 3.8) is 0 Å². The third-order valence-electron chi connectivity index (χ3n) is 4.02. The zero-order chi connectivity index (χ0) is 20.4. The van der Waals surface area contributed by atoms with Crippen LogP contribution in [0.25, 0.3) is 5.69 Å². The van der Waals surface area contributed by atoms with E-state index in [-0.39, 0.29) is 16.9 Å². The number of carbonyl (C=O) groups is 1. The van der Waals surface area contributed by atoms with E-state index >= 15 is 0 Å². The number of anilines is 2. The Balaban J connectivity index is 2.21. The summed E-state index contributed by atoms with van der Waals surface area (Å²) in [6.45, 7) is 3.57. The summed E-state index contributed by atoms with van der Waals surface area (Å²) in [6.07, 6.45) is 0. The summed E-state index contributed by atoms with van der Waals surface area (Å²) < 4.78 is 2.48.